The van der Waals surface area contributed by atoms with Gasteiger partial charge in [-0.1, -0.05) is 30.4 Å². The quantitative estimate of drug-likeness (QED) is 0.481. The van der Waals surface area contributed by atoms with Crippen LogP contribution < -0.4 is 0 Å². The van der Waals surface area contributed by atoms with Crippen LogP contribution in [-0.2, 0) is 0 Å². The standard InChI is InChI=1S/C8H10/c1-3-8-5-4-7(2)6-8/h3-5H,1,6H2,2H3. The maximum atomic E-state index is 3.68. The minimum atomic E-state index is 1.10. The second kappa shape index (κ2) is 1.99. The number of hydrogen-bond donors (Lipinski definition) is 0. The Morgan fingerprint density at radius 2 is 2.38 bits per heavy atom. The Balaban J connectivity index is 2.61. The summed E-state index contributed by atoms with van der Waals surface area (Å²) in [6.45, 7) is 5.81. The first-order chi connectivity index (χ1) is 3.83. The highest BCUT2D eigenvalue weighted by atomic mass is 14.0. The van der Waals surface area contributed by atoms with Crippen LogP contribution in [0.5, 0.6) is 0 Å². The smallest absolute Gasteiger partial charge is 0.00670 e. The van der Waals surface area contributed by atoms with E-state index in [0.29, 0.717) is 0 Å². The topological polar surface area (TPSA) is 0 Å². The molecule has 1 aliphatic rings. The van der Waals surface area contributed by atoms with E-state index >= 15 is 0 Å². The van der Waals surface area contributed by atoms with Gasteiger partial charge < -0.3 is 0 Å². The van der Waals surface area contributed by atoms with Crippen molar-refractivity contribution in [2.24, 2.45) is 0 Å². The van der Waals surface area contributed by atoms with Gasteiger partial charge in [-0.25, -0.2) is 0 Å². The third kappa shape index (κ3) is 0.890. The van der Waals surface area contributed by atoms with Gasteiger partial charge in [0, 0.05) is 0 Å². The molecule has 0 heterocycles. The lowest BCUT2D eigenvalue weighted by Crippen LogP contribution is -1.70. The molecule has 0 aromatic heterocycles. The van der Waals surface area contributed by atoms with Gasteiger partial charge >= 0.3 is 0 Å². The lowest BCUT2D eigenvalue weighted by Gasteiger charge is -1.89. The molecule has 1 rings (SSSR count). The Bertz CT molecular complexity index is 159. The summed E-state index contributed by atoms with van der Waals surface area (Å²) in [5, 5.41) is 0. The normalized spacial score (nSPS) is 17.6. The van der Waals surface area contributed by atoms with Crippen molar-refractivity contribution in [1.29, 1.82) is 0 Å². The van der Waals surface area contributed by atoms with E-state index in [1.807, 2.05) is 6.08 Å². The van der Waals surface area contributed by atoms with Crippen LogP contribution >= 0.6 is 0 Å². The Morgan fingerprint density at radius 1 is 1.62 bits per heavy atom. The van der Waals surface area contributed by atoms with Gasteiger partial charge in [-0.15, -0.1) is 0 Å². The molecule has 1 aliphatic carbocycles. The van der Waals surface area contributed by atoms with Crippen LogP contribution in [0, 0.1) is 0 Å². The van der Waals surface area contributed by atoms with Crippen molar-refractivity contribution in [3.63, 3.8) is 0 Å². The molecule has 0 bridgehead atoms. The predicted molar refractivity (Wildman–Crippen MR) is 36.7 cm³/mol. The molecule has 0 heteroatoms. The molecule has 0 N–H and O–H groups in total. The molecule has 0 aliphatic heterocycles. The summed E-state index contributed by atoms with van der Waals surface area (Å²) in [5.74, 6) is 0. The van der Waals surface area contributed by atoms with Crippen molar-refractivity contribution < 1.29 is 0 Å². The molecule has 0 aromatic rings. The largest absolute Gasteiger partial charge is 0.0988 e. The maximum absolute atomic E-state index is 3.68. The van der Waals surface area contributed by atoms with Gasteiger partial charge in [0.2, 0.25) is 0 Å². The fraction of sp³-hybridized carbons (Fsp3) is 0.250. The van der Waals surface area contributed by atoms with Crippen LogP contribution in [0.25, 0.3) is 0 Å². The molecule has 0 amide bonds. The Hall–Kier alpha value is -0.780. The molecule has 0 saturated carbocycles. The third-order valence-corrected chi connectivity index (χ3v) is 1.33. The molecule has 0 atom stereocenters. The van der Waals surface area contributed by atoms with E-state index in [2.05, 4.69) is 25.7 Å². The van der Waals surface area contributed by atoms with Crippen LogP contribution in [0.1, 0.15) is 13.3 Å². The zero-order chi connectivity index (χ0) is 5.98. The van der Waals surface area contributed by atoms with E-state index in [1.165, 1.54) is 11.1 Å². The average Bonchev–Trinajstić information content (AvgIpc) is 2.14. The van der Waals surface area contributed by atoms with E-state index in [0.717, 1.165) is 6.42 Å². The van der Waals surface area contributed by atoms with E-state index in [4.69, 9.17) is 0 Å². The van der Waals surface area contributed by atoms with Crippen LogP contribution in [0.2, 0.25) is 0 Å². The Labute approximate surface area is 50.2 Å². The van der Waals surface area contributed by atoms with Crippen molar-refractivity contribution in [3.05, 3.63) is 36.0 Å². The fourth-order valence-electron chi connectivity index (χ4n) is 0.829. The van der Waals surface area contributed by atoms with E-state index in [1.54, 1.807) is 0 Å². The molecule has 8 heavy (non-hydrogen) atoms. The molecule has 0 radical (unpaired) electrons. The SMILES string of the molecule is C=CC1=CC=C(C)C1. The van der Waals surface area contributed by atoms with Gasteiger partial charge in [-0.3, -0.25) is 0 Å². The number of rotatable bonds is 1. The molecule has 0 spiro atoms. The Kier molecular flexibility index (Phi) is 1.34. The second-order valence-electron chi connectivity index (χ2n) is 2.14. The van der Waals surface area contributed by atoms with E-state index < -0.39 is 0 Å². The molecule has 0 nitrogen and oxygen atoms in total. The third-order valence-electron chi connectivity index (χ3n) is 1.33. The van der Waals surface area contributed by atoms with Gasteiger partial charge in [-0.2, -0.15) is 0 Å². The zero-order valence-electron chi connectivity index (χ0n) is 5.15. The maximum Gasteiger partial charge on any atom is -0.00670 e. The first kappa shape index (κ1) is 5.36. The molecular formula is C8H10. The fourth-order valence-corrected chi connectivity index (χ4v) is 0.829. The highest BCUT2D eigenvalue weighted by molar-refractivity contribution is 5.34. The average molecular weight is 106 g/mol. The highest BCUT2D eigenvalue weighted by Crippen LogP contribution is 2.17. The molecule has 0 aromatic carbocycles. The first-order valence-electron chi connectivity index (χ1n) is 2.81. The van der Waals surface area contributed by atoms with Crippen LogP contribution in [0.15, 0.2) is 36.0 Å². The van der Waals surface area contributed by atoms with Gasteiger partial charge in [0.25, 0.3) is 0 Å². The molecule has 0 saturated heterocycles. The van der Waals surface area contributed by atoms with E-state index in [-0.39, 0.29) is 0 Å². The number of hydrogen-bond acceptors (Lipinski definition) is 0. The molecule has 0 fully saturated rings. The lowest BCUT2D eigenvalue weighted by molar-refractivity contribution is 1.20. The monoisotopic (exact) mass is 106 g/mol. The summed E-state index contributed by atoms with van der Waals surface area (Å²) >= 11 is 0. The highest BCUT2D eigenvalue weighted by Gasteiger charge is 1.97. The van der Waals surface area contributed by atoms with Crippen molar-refractivity contribution in [2.75, 3.05) is 0 Å². The van der Waals surface area contributed by atoms with E-state index in [9.17, 15) is 0 Å². The van der Waals surface area contributed by atoms with Crippen molar-refractivity contribution in [1.82, 2.24) is 0 Å². The first-order valence-corrected chi connectivity index (χ1v) is 2.81. The van der Waals surface area contributed by atoms with Crippen molar-refractivity contribution in [2.45, 2.75) is 13.3 Å². The number of allylic oxidation sites excluding steroid dienone is 5. The summed E-state index contributed by atoms with van der Waals surface area (Å²) in [6, 6.07) is 0. The van der Waals surface area contributed by atoms with Gasteiger partial charge in [0.05, 0.1) is 0 Å². The zero-order valence-corrected chi connectivity index (χ0v) is 5.15. The summed E-state index contributed by atoms with van der Waals surface area (Å²) in [4.78, 5) is 0. The van der Waals surface area contributed by atoms with Gasteiger partial charge in [0.15, 0.2) is 0 Å². The summed E-state index contributed by atoms with van der Waals surface area (Å²) in [7, 11) is 0. The van der Waals surface area contributed by atoms with Crippen molar-refractivity contribution >= 4 is 0 Å². The lowest BCUT2D eigenvalue weighted by atomic mass is 10.2. The van der Waals surface area contributed by atoms with Crippen LogP contribution in [-0.4, -0.2) is 0 Å². The molecule has 42 valence electrons. The second-order valence-corrected chi connectivity index (χ2v) is 2.14. The summed E-state index contributed by atoms with van der Waals surface area (Å²) < 4.78 is 0. The predicted octanol–water partition coefficient (Wildman–Crippen LogP) is 2.45. The molecule has 0 unspecified atom stereocenters. The minimum absolute atomic E-state index is 1.10. The van der Waals surface area contributed by atoms with Gasteiger partial charge in [0.1, 0.15) is 0 Å². The minimum Gasteiger partial charge on any atom is -0.0988 e. The van der Waals surface area contributed by atoms with Gasteiger partial charge in [-0.05, 0) is 18.9 Å². The molecular weight excluding hydrogens is 96.1 g/mol. The summed E-state index contributed by atoms with van der Waals surface area (Å²) in [6.07, 6.45) is 7.26. The summed E-state index contributed by atoms with van der Waals surface area (Å²) in [5.41, 5.74) is 2.77. The van der Waals surface area contributed by atoms with Crippen LogP contribution in [0.3, 0.4) is 0 Å². The Morgan fingerprint density at radius 3 is 2.62 bits per heavy atom. The van der Waals surface area contributed by atoms with Crippen molar-refractivity contribution in [3.8, 4) is 0 Å². The van der Waals surface area contributed by atoms with Crippen LogP contribution in [0.4, 0.5) is 0 Å².